The van der Waals surface area contributed by atoms with Gasteiger partial charge in [-0.15, -0.1) is 0 Å². The summed E-state index contributed by atoms with van der Waals surface area (Å²) < 4.78 is 5.52. The van der Waals surface area contributed by atoms with E-state index >= 15 is 0 Å². The first-order valence-electron chi connectivity index (χ1n) is 8.05. The number of halogens is 2. The maximum Gasteiger partial charge on any atom is 0.261 e. The fourth-order valence-corrected chi connectivity index (χ4v) is 2.77. The average molecular weight is 395 g/mol. The number of hydrogen-bond donors (Lipinski definition) is 1. The number of amides is 2. The second kappa shape index (κ2) is 9.46. The topological polar surface area (TPSA) is 58.6 Å². The predicted molar refractivity (Wildman–Crippen MR) is 102 cm³/mol. The molecule has 0 aromatic heterocycles. The van der Waals surface area contributed by atoms with E-state index < -0.39 is 6.04 Å². The highest BCUT2D eigenvalue weighted by atomic mass is 35.5. The van der Waals surface area contributed by atoms with E-state index in [0.29, 0.717) is 15.8 Å². The number of benzene rings is 2. The quantitative estimate of drug-likeness (QED) is 0.780. The Bertz CT molecular complexity index is 783. The summed E-state index contributed by atoms with van der Waals surface area (Å²) in [4.78, 5) is 26.2. The minimum Gasteiger partial charge on any atom is -0.482 e. The molecule has 0 radical (unpaired) electrons. The molecule has 0 saturated carbocycles. The van der Waals surface area contributed by atoms with Gasteiger partial charge in [-0.05, 0) is 30.7 Å². The largest absolute Gasteiger partial charge is 0.482 e. The molecule has 0 bridgehead atoms. The molecule has 1 atom stereocenters. The number of nitrogens with one attached hydrogen (secondary N) is 1. The van der Waals surface area contributed by atoms with Crippen molar-refractivity contribution in [2.24, 2.45) is 0 Å². The summed E-state index contributed by atoms with van der Waals surface area (Å²) in [5.41, 5.74) is 0.746. The first-order chi connectivity index (χ1) is 12.4. The van der Waals surface area contributed by atoms with Crippen LogP contribution < -0.4 is 10.1 Å². The minimum absolute atomic E-state index is 0.193. The molecular weight excluding hydrogens is 375 g/mol. The van der Waals surface area contributed by atoms with Crippen LogP contribution >= 0.6 is 23.2 Å². The Morgan fingerprint density at radius 2 is 1.69 bits per heavy atom. The number of hydrogen-bond acceptors (Lipinski definition) is 3. The zero-order valence-corrected chi connectivity index (χ0v) is 16.1. The minimum atomic E-state index is -0.682. The van der Waals surface area contributed by atoms with E-state index in [1.807, 2.05) is 12.1 Å². The average Bonchev–Trinajstić information content (AvgIpc) is 2.65. The van der Waals surface area contributed by atoms with Gasteiger partial charge in [0.05, 0.1) is 5.02 Å². The van der Waals surface area contributed by atoms with Crippen molar-refractivity contribution in [3.8, 4) is 5.75 Å². The van der Waals surface area contributed by atoms with E-state index in [1.165, 1.54) is 11.9 Å². The SMILES string of the molecule is CNC(=O)[C@@H](C)N(Cc1ccccc1Cl)C(=O)COc1ccccc1Cl. The summed E-state index contributed by atoms with van der Waals surface area (Å²) in [5.74, 6) is -0.211. The van der Waals surface area contributed by atoms with Gasteiger partial charge in [-0.3, -0.25) is 9.59 Å². The number of nitrogens with zero attached hydrogens (tertiary/aromatic N) is 1. The maximum atomic E-state index is 12.7. The Morgan fingerprint density at radius 3 is 2.31 bits per heavy atom. The van der Waals surface area contributed by atoms with E-state index in [2.05, 4.69) is 5.32 Å². The molecule has 0 heterocycles. The van der Waals surface area contributed by atoms with Crippen molar-refractivity contribution < 1.29 is 14.3 Å². The third kappa shape index (κ3) is 5.13. The van der Waals surface area contributed by atoms with Crippen LogP contribution in [0.25, 0.3) is 0 Å². The van der Waals surface area contributed by atoms with Crippen LogP contribution in [0, 0.1) is 0 Å². The zero-order valence-electron chi connectivity index (χ0n) is 14.5. The van der Waals surface area contributed by atoms with Crippen molar-refractivity contribution in [1.82, 2.24) is 10.2 Å². The standard InChI is InChI=1S/C19H20Cl2N2O3/c1-13(19(25)22-2)23(11-14-7-3-4-8-15(14)20)18(24)12-26-17-10-6-5-9-16(17)21/h3-10,13H,11-12H2,1-2H3,(H,22,25)/t13-/m1/s1. The Kier molecular flexibility index (Phi) is 7.30. The molecule has 0 aliphatic heterocycles. The van der Waals surface area contributed by atoms with Gasteiger partial charge in [0, 0.05) is 18.6 Å². The van der Waals surface area contributed by atoms with Crippen molar-refractivity contribution in [2.45, 2.75) is 19.5 Å². The molecule has 0 aliphatic rings. The summed E-state index contributed by atoms with van der Waals surface area (Å²) >= 11 is 12.2. The van der Waals surface area contributed by atoms with Crippen molar-refractivity contribution in [2.75, 3.05) is 13.7 Å². The van der Waals surface area contributed by atoms with Crippen LogP contribution in [0.15, 0.2) is 48.5 Å². The van der Waals surface area contributed by atoms with E-state index in [9.17, 15) is 9.59 Å². The highest BCUT2D eigenvalue weighted by molar-refractivity contribution is 6.32. The molecule has 0 fully saturated rings. The molecule has 0 unspecified atom stereocenters. The lowest BCUT2D eigenvalue weighted by Crippen LogP contribution is -2.48. The summed E-state index contributed by atoms with van der Waals surface area (Å²) in [5, 5.41) is 3.50. The summed E-state index contributed by atoms with van der Waals surface area (Å²) in [6.45, 7) is 1.61. The van der Waals surface area contributed by atoms with Crippen molar-refractivity contribution >= 4 is 35.0 Å². The predicted octanol–water partition coefficient (Wildman–Crippen LogP) is 3.54. The fourth-order valence-electron chi connectivity index (χ4n) is 2.39. The van der Waals surface area contributed by atoms with E-state index in [-0.39, 0.29) is 25.0 Å². The van der Waals surface area contributed by atoms with Gasteiger partial charge in [0.2, 0.25) is 5.91 Å². The molecule has 2 amide bonds. The molecule has 2 aromatic carbocycles. The lowest BCUT2D eigenvalue weighted by atomic mass is 10.1. The molecular formula is C19H20Cl2N2O3. The Hall–Kier alpha value is -2.24. The van der Waals surface area contributed by atoms with Gasteiger partial charge in [-0.2, -0.15) is 0 Å². The lowest BCUT2D eigenvalue weighted by Gasteiger charge is -2.28. The normalized spacial score (nSPS) is 11.5. The molecule has 26 heavy (non-hydrogen) atoms. The molecule has 0 aliphatic carbocycles. The lowest BCUT2D eigenvalue weighted by molar-refractivity contribution is -0.142. The van der Waals surface area contributed by atoms with Crippen LogP contribution in [0.1, 0.15) is 12.5 Å². The molecule has 0 spiro atoms. The maximum absolute atomic E-state index is 12.7. The number of likely N-dealkylation sites (N-methyl/N-ethyl adjacent to an activating group) is 1. The van der Waals surface area contributed by atoms with Crippen LogP contribution in [0.5, 0.6) is 5.75 Å². The second-order valence-electron chi connectivity index (χ2n) is 5.62. The summed E-state index contributed by atoms with van der Waals surface area (Å²) in [6.07, 6.45) is 0. The van der Waals surface area contributed by atoms with Crippen molar-refractivity contribution in [3.63, 3.8) is 0 Å². The Labute approximate surface area is 162 Å². The highest BCUT2D eigenvalue weighted by Crippen LogP contribution is 2.23. The summed E-state index contributed by atoms with van der Waals surface area (Å²) in [7, 11) is 1.53. The molecule has 138 valence electrons. The van der Waals surface area contributed by atoms with Gasteiger partial charge < -0.3 is 15.0 Å². The van der Waals surface area contributed by atoms with Crippen molar-refractivity contribution in [3.05, 3.63) is 64.1 Å². The van der Waals surface area contributed by atoms with Crippen molar-refractivity contribution in [1.29, 1.82) is 0 Å². The van der Waals surface area contributed by atoms with Crippen LogP contribution in [-0.4, -0.2) is 36.4 Å². The van der Waals surface area contributed by atoms with Gasteiger partial charge in [0.15, 0.2) is 6.61 Å². The van der Waals surface area contributed by atoms with Gasteiger partial charge in [-0.1, -0.05) is 53.5 Å². The van der Waals surface area contributed by atoms with Crippen LogP contribution in [0.3, 0.4) is 0 Å². The number of ether oxygens (including phenoxy) is 1. The van der Waals surface area contributed by atoms with Gasteiger partial charge in [0.1, 0.15) is 11.8 Å². The third-order valence-corrected chi connectivity index (χ3v) is 4.58. The molecule has 2 rings (SSSR count). The number of rotatable bonds is 7. The van der Waals surface area contributed by atoms with Gasteiger partial charge in [-0.25, -0.2) is 0 Å². The van der Waals surface area contributed by atoms with E-state index in [4.69, 9.17) is 27.9 Å². The Morgan fingerprint density at radius 1 is 1.08 bits per heavy atom. The van der Waals surface area contributed by atoms with Crippen LogP contribution in [0.2, 0.25) is 10.0 Å². The molecule has 7 heteroatoms. The Balaban J connectivity index is 2.17. The van der Waals surface area contributed by atoms with Crippen LogP contribution in [-0.2, 0) is 16.1 Å². The van der Waals surface area contributed by atoms with Crippen LogP contribution in [0.4, 0.5) is 0 Å². The first-order valence-corrected chi connectivity index (χ1v) is 8.81. The van der Waals surface area contributed by atoms with Gasteiger partial charge >= 0.3 is 0 Å². The number of carbonyl (C=O) groups is 2. The number of carbonyl (C=O) groups excluding carboxylic acids is 2. The number of para-hydroxylation sites is 1. The zero-order chi connectivity index (χ0) is 19.1. The second-order valence-corrected chi connectivity index (χ2v) is 6.44. The highest BCUT2D eigenvalue weighted by Gasteiger charge is 2.26. The third-order valence-electron chi connectivity index (χ3n) is 3.90. The monoisotopic (exact) mass is 394 g/mol. The molecule has 2 aromatic rings. The first kappa shape index (κ1) is 20.1. The molecule has 1 N–H and O–H groups in total. The smallest absolute Gasteiger partial charge is 0.261 e. The van der Waals surface area contributed by atoms with E-state index in [0.717, 1.165) is 5.56 Å². The van der Waals surface area contributed by atoms with E-state index in [1.54, 1.807) is 43.3 Å². The summed E-state index contributed by atoms with van der Waals surface area (Å²) in [6, 6.07) is 13.4. The fraction of sp³-hybridized carbons (Fsp3) is 0.263. The molecule has 5 nitrogen and oxygen atoms in total. The molecule has 0 saturated heterocycles. The van der Waals surface area contributed by atoms with Gasteiger partial charge in [0.25, 0.3) is 5.91 Å².